The highest BCUT2D eigenvalue weighted by molar-refractivity contribution is 5.16. The molecule has 0 saturated carbocycles. The molecule has 0 radical (unpaired) electrons. The fraction of sp³-hybridized carbons (Fsp3) is 0.706. The lowest BCUT2D eigenvalue weighted by Crippen LogP contribution is -2.55. The normalized spacial score (nSPS) is 23.9. The first-order chi connectivity index (χ1) is 9.72. The maximum absolute atomic E-state index is 4.33. The highest BCUT2D eigenvalue weighted by Gasteiger charge is 2.26. The Kier molecular flexibility index (Phi) is 5.99. The maximum atomic E-state index is 4.33. The highest BCUT2D eigenvalue weighted by Crippen LogP contribution is 2.18. The number of hydrogen-bond donors (Lipinski definition) is 1. The zero-order valence-corrected chi connectivity index (χ0v) is 13.2. The van der Waals surface area contributed by atoms with E-state index in [1.54, 1.807) is 0 Å². The molecular weight excluding hydrogens is 246 g/mol. The van der Waals surface area contributed by atoms with Crippen LogP contribution in [0.3, 0.4) is 0 Å². The minimum atomic E-state index is 0.658. The quantitative estimate of drug-likeness (QED) is 0.864. The SMILES string of the molecule is CCCC1CN(Cc2cncc(C)c2)C(CCC)CN1. The third kappa shape index (κ3) is 4.29. The molecule has 3 nitrogen and oxygen atoms in total. The Balaban J connectivity index is 2.02. The van der Waals surface area contributed by atoms with Crippen LogP contribution in [0.15, 0.2) is 18.5 Å². The molecule has 1 aliphatic rings. The average molecular weight is 275 g/mol. The lowest BCUT2D eigenvalue weighted by molar-refractivity contribution is 0.111. The van der Waals surface area contributed by atoms with Crippen molar-refractivity contribution in [1.29, 1.82) is 0 Å². The van der Waals surface area contributed by atoms with Crippen molar-refractivity contribution in [3.8, 4) is 0 Å². The Hall–Kier alpha value is -0.930. The van der Waals surface area contributed by atoms with Crippen LogP contribution in [-0.2, 0) is 6.54 Å². The van der Waals surface area contributed by atoms with E-state index in [4.69, 9.17) is 0 Å². The van der Waals surface area contributed by atoms with Gasteiger partial charge in [-0.2, -0.15) is 0 Å². The van der Waals surface area contributed by atoms with Crippen LogP contribution in [-0.4, -0.2) is 35.1 Å². The monoisotopic (exact) mass is 275 g/mol. The number of nitrogens with one attached hydrogen (secondary N) is 1. The molecule has 1 N–H and O–H groups in total. The van der Waals surface area contributed by atoms with E-state index in [0.717, 1.165) is 13.1 Å². The van der Waals surface area contributed by atoms with E-state index in [9.17, 15) is 0 Å². The summed E-state index contributed by atoms with van der Waals surface area (Å²) in [5.41, 5.74) is 2.61. The number of hydrogen-bond acceptors (Lipinski definition) is 3. The van der Waals surface area contributed by atoms with Gasteiger partial charge in [0.1, 0.15) is 0 Å². The summed E-state index contributed by atoms with van der Waals surface area (Å²) in [5, 5.41) is 3.72. The number of rotatable bonds is 6. The molecule has 1 saturated heterocycles. The van der Waals surface area contributed by atoms with Crippen LogP contribution in [0.5, 0.6) is 0 Å². The third-order valence-electron chi connectivity index (χ3n) is 4.19. The van der Waals surface area contributed by atoms with Crippen molar-refractivity contribution in [3.63, 3.8) is 0 Å². The largest absolute Gasteiger partial charge is 0.311 e. The fourth-order valence-corrected chi connectivity index (χ4v) is 3.22. The smallest absolute Gasteiger partial charge is 0.0313 e. The molecule has 0 aliphatic carbocycles. The molecular formula is C17H29N3. The van der Waals surface area contributed by atoms with E-state index in [2.05, 4.69) is 42.0 Å². The second-order valence-electron chi connectivity index (χ2n) is 6.14. The molecule has 0 aromatic carbocycles. The molecule has 112 valence electrons. The standard InChI is InChI=1S/C17H29N3/c1-4-6-16-13-20(17(7-5-2)11-19-16)12-15-8-14(3)9-18-10-15/h8-10,16-17,19H,4-7,11-13H2,1-3H3. The lowest BCUT2D eigenvalue weighted by Gasteiger charge is -2.40. The molecule has 3 heteroatoms. The Morgan fingerprint density at radius 3 is 2.75 bits per heavy atom. The van der Waals surface area contributed by atoms with Crippen molar-refractivity contribution in [2.24, 2.45) is 0 Å². The van der Waals surface area contributed by atoms with E-state index in [1.807, 2.05) is 12.4 Å². The number of nitrogens with zero attached hydrogens (tertiary/aromatic N) is 2. The van der Waals surface area contributed by atoms with Crippen LogP contribution in [0.25, 0.3) is 0 Å². The van der Waals surface area contributed by atoms with Crippen LogP contribution >= 0.6 is 0 Å². The van der Waals surface area contributed by atoms with Gasteiger partial charge in [-0.05, 0) is 30.9 Å². The van der Waals surface area contributed by atoms with Crippen LogP contribution in [0.1, 0.15) is 50.7 Å². The summed E-state index contributed by atoms with van der Waals surface area (Å²) in [5.74, 6) is 0. The predicted octanol–water partition coefficient (Wildman–Crippen LogP) is 3.13. The summed E-state index contributed by atoms with van der Waals surface area (Å²) in [4.78, 5) is 7.00. The van der Waals surface area contributed by atoms with Gasteiger partial charge < -0.3 is 5.32 Å². The van der Waals surface area contributed by atoms with Gasteiger partial charge in [0.2, 0.25) is 0 Å². The zero-order valence-electron chi connectivity index (χ0n) is 13.2. The first kappa shape index (κ1) is 15.5. The van der Waals surface area contributed by atoms with E-state index < -0.39 is 0 Å². The van der Waals surface area contributed by atoms with Gasteiger partial charge in [0, 0.05) is 44.1 Å². The van der Waals surface area contributed by atoms with Gasteiger partial charge in [-0.1, -0.05) is 32.8 Å². The summed E-state index contributed by atoms with van der Waals surface area (Å²) in [6, 6.07) is 3.60. The summed E-state index contributed by atoms with van der Waals surface area (Å²) in [6.45, 7) is 10.0. The molecule has 0 amide bonds. The van der Waals surface area contributed by atoms with Gasteiger partial charge in [0.25, 0.3) is 0 Å². The maximum Gasteiger partial charge on any atom is 0.0313 e. The number of aryl methyl sites for hydroxylation is 1. The summed E-state index contributed by atoms with van der Waals surface area (Å²) < 4.78 is 0. The van der Waals surface area contributed by atoms with E-state index in [1.165, 1.54) is 43.4 Å². The van der Waals surface area contributed by atoms with Gasteiger partial charge in [-0.3, -0.25) is 9.88 Å². The molecule has 20 heavy (non-hydrogen) atoms. The molecule has 0 bridgehead atoms. The van der Waals surface area contributed by atoms with Crippen LogP contribution in [0, 0.1) is 6.92 Å². The van der Waals surface area contributed by atoms with Crippen molar-refractivity contribution in [3.05, 3.63) is 29.6 Å². The first-order valence-corrected chi connectivity index (χ1v) is 8.10. The summed E-state index contributed by atoms with van der Waals surface area (Å²) in [7, 11) is 0. The average Bonchev–Trinajstić information content (AvgIpc) is 2.42. The van der Waals surface area contributed by atoms with Gasteiger partial charge in [-0.15, -0.1) is 0 Å². The fourth-order valence-electron chi connectivity index (χ4n) is 3.22. The van der Waals surface area contributed by atoms with E-state index in [0.29, 0.717) is 12.1 Å². The number of aromatic nitrogens is 1. The Morgan fingerprint density at radius 1 is 1.25 bits per heavy atom. The molecule has 1 fully saturated rings. The number of pyridine rings is 1. The second kappa shape index (κ2) is 7.75. The molecule has 2 heterocycles. The molecule has 2 atom stereocenters. The first-order valence-electron chi connectivity index (χ1n) is 8.10. The van der Waals surface area contributed by atoms with Crippen molar-refractivity contribution in [2.75, 3.05) is 13.1 Å². The summed E-state index contributed by atoms with van der Waals surface area (Å²) >= 11 is 0. The molecule has 2 rings (SSSR count). The third-order valence-corrected chi connectivity index (χ3v) is 4.19. The molecule has 1 aromatic heterocycles. The summed E-state index contributed by atoms with van der Waals surface area (Å²) in [6.07, 6.45) is 9.04. The van der Waals surface area contributed by atoms with Gasteiger partial charge in [0.05, 0.1) is 0 Å². The van der Waals surface area contributed by atoms with Gasteiger partial charge >= 0.3 is 0 Å². The Bertz CT molecular complexity index is 405. The van der Waals surface area contributed by atoms with Gasteiger partial charge in [-0.25, -0.2) is 0 Å². The molecule has 1 aromatic rings. The molecule has 0 spiro atoms. The Morgan fingerprint density at radius 2 is 2.05 bits per heavy atom. The van der Waals surface area contributed by atoms with Crippen molar-refractivity contribution >= 4 is 0 Å². The highest BCUT2D eigenvalue weighted by atomic mass is 15.2. The Labute approximate surface area is 123 Å². The predicted molar refractivity (Wildman–Crippen MR) is 84.8 cm³/mol. The van der Waals surface area contributed by atoms with E-state index >= 15 is 0 Å². The molecule has 2 unspecified atom stereocenters. The van der Waals surface area contributed by atoms with Crippen molar-refractivity contribution in [2.45, 2.75) is 65.1 Å². The molecule has 1 aliphatic heterocycles. The number of piperazine rings is 1. The minimum absolute atomic E-state index is 0.658. The van der Waals surface area contributed by atoms with E-state index in [-0.39, 0.29) is 0 Å². The van der Waals surface area contributed by atoms with Crippen molar-refractivity contribution < 1.29 is 0 Å². The zero-order chi connectivity index (χ0) is 14.4. The lowest BCUT2D eigenvalue weighted by atomic mass is 10.0. The topological polar surface area (TPSA) is 28.2 Å². The van der Waals surface area contributed by atoms with Crippen LogP contribution < -0.4 is 5.32 Å². The van der Waals surface area contributed by atoms with Crippen LogP contribution in [0.4, 0.5) is 0 Å². The van der Waals surface area contributed by atoms with Gasteiger partial charge in [0.15, 0.2) is 0 Å². The second-order valence-corrected chi connectivity index (χ2v) is 6.14. The van der Waals surface area contributed by atoms with Crippen molar-refractivity contribution in [1.82, 2.24) is 15.2 Å². The minimum Gasteiger partial charge on any atom is -0.311 e. The van der Waals surface area contributed by atoms with Crippen LogP contribution in [0.2, 0.25) is 0 Å².